The van der Waals surface area contributed by atoms with Crippen LogP contribution in [0.2, 0.25) is 10.0 Å². The smallest absolute Gasteiger partial charge is 0.282 e. The summed E-state index contributed by atoms with van der Waals surface area (Å²) in [4.78, 5) is 18.7. The van der Waals surface area contributed by atoms with E-state index in [1.807, 2.05) is 24.3 Å². The molecule has 8 heteroatoms. The van der Waals surface area contributed by atoms with Gasteiger partial charge < -0.3 is 14.6 Å². The number of aliphatic hydroxyl groups is 1. The molecular weight excluding hydrogens is 417 g/mol. The first-order valence-electron chi connectivity index (χ1n) is 8.80. The van der Waals surface area contributed by atoms with Crippen LogP contribution in [0.5, 0.6) is 5.75 Å². The largest absolute Gasteiger partial charge is 0.509 e. The summed E-state index contributed by atoms with van der Waals surface area (Å²) < 4.78 is 10.1. The molecule has 1 heterocycles. The monoisotopic (exact) mass is 437 g/mol. The molecule has 0 aliphatic carbocycles. The zero-order valence-electron chi connectivity index (χ0n) is 16.2. The van der Waals surface area contributed by atoms with Crippen molar-refractivity contribution in [2.24, 2.45) is 0 Å². The first kappa shape index (κ1) is 21.5. The fraction of sp³-hybridized carbons (Fsp3) is 0.286. The third-order valence-electron chi connectivity index (χ3n) is 4.80. The van der Waals surface area contributed by atoms with Gasteiger partial charge in [0.25, 0.3) is 5.91 Å². The summed E-state index contributed by atoms with van der Waals surface area (Å²) in [5.74, 6) is 0.0562. The molecule has 154 valence electrons. The Kier molecular flexibility index (Phi) is 6.39. The lowest BCUT2D eigenvalue weighted by molar-refractivity contribution is -0.241. The lowest BCUT2D eigenvalue weighted by Gasteiger charge is -2.34. The van der Waals surface area contributed by atoms with Crippen molar-refractivity contribution in [3.63, 3.8) is 0 Å². The number of methoxy groups -OCH3 is 2. The van der Waals surface area contributed by atoms with Gasteiger partial charge in [-0.25, -0.2) is 9.90 Å². The Morgan fingerprint density at radius 1 is 1.10 bits per heavy atom. The van der Waals surface area contributed by atoms with Gasteiger partial charge in [-0.3, -0.25) is 4.79 Å². The molecule has 0 radical (unpaired) electrons. The summed E-state index contributed by atoms with van der Waals surface area (Å²) in [5, 5.41) is 13.0. The standard InChI is InChI=1S/C21H21Cl2NO5/c1-21(11-13-4-7-15(28-3)8-5-13)19(25)18(20(26)24(21)29-12-27-2)16-9-6-14(22)10-17(16)23/h4-10,25H,11-12H2,1-3H3. The van der Waals surface area contributed by atoms with Crippen LogP contribution in [-0.4, -0.2) is 42.6 Å². The van der Waals surface area contributed by atoms with Crippen molar-refractivity contribution < 1.29 is 24.2 Å². The van der Waals surface area contributed by atoms with Crippen LogP contribution in [0.25, 0.3) is 5.57 Å². The molecule has 1 N–H and O–H groups in total. The van der Waals surface area contributed by atoms with Gasteiger partial charge in [-0.1, -0.05) is 41.4 Å². The van der Waals surface area contributed by atoms with Crippen LogP contribution >= 0.6 is 23.2 Å². The van der Waals surface area contributed by atoms with Crippen LogP contribution in [0.4, 0.5) is 0 Å². The van der Waals surface area contributed by atoms with Crippen molar-refractivity contribution in [3.05, 3.63) is 69.4 Å². The zero-order valence-corrected chi connectivity index (χ0v) is 17.8. The summed E-state index contributed by atoms with van der Waals surface area (Å²) >= 11 is 12.3. The van der Waals surface area contributed by atoms with Gasteiger partial charge in [0.05, 0.1) is 17.7 Å². The maximum absolute atomic E-state index is 13.2. The molecule has 1 atom stereocenters. The number of benzene rings is 2. The van der Waals surface area contributed by atoms with Crippen LogP contribution in [0.1, 0.15) is 18.1 Å². The number of hydroxylamine groups is 2. The summed E-state index contributed by atoms with van der Waals surface area (Å²) in [5.41, 5.74) is 0.159. The second-order valence-corrected chi connectivity index (χ2v) is 7.63. The second-order valence-electron chi connectivity index (χ2n) is 6.78. The number of nitrogens with zero attached hydrogens (tertiary/aromatic N) is 1. The number of ether oxygens (including phenoxy) is 2. The Labute approximate surface area is 179 Å². The van der Waals surface area contributed by atoms with Crippen molar-refractivity contribution in [1.82, 2.24) is 5.06 Å². The van der Waals surface area contributed by atoms with Crippen molar-refractivity contribution in [1.29, 1.82) is 0 Å². The number of carbonyl (C=O) groups is 1. The van der Waals surface area contributed by atoms with Gasteiger partial charge in [0.2, 0.25) is 0 Å². The Morgan fingerprint density at radius 2 is 1.79 bits per heavy atom. The number of amides is 1. The van der Waals surface area contributed by atoms with Gasteiger partial charge in [0, 0.05) is 24.1 Å². The molecule has 1 aliphatic heterocycles. The minimum Gasteiger partial charge on any atom is -0.509 e. The number of aliphatic hydroxyl groups excluding tert-OH is 1. The normalized spacial score (nSPS) is 19.2. The summed E-state index contributed by atoms with van der Waals surface area (Å²) in [7, 11) is 3.04. The molecule has 29 heavy (non-hydrogen) atoms. The van der Waals surface area contributed by atoms with Crippen molar-refractivity contribution in [2.45, 2.75) is 18.9 Å². The maximum Gasteiger partial charge on any atom is 0.282 e. The molecule has 1 aliphatic rings. The van der Waals surface area contributed by atoms with Gasteiger partial charge >= 0.3 is 0 Å². The first-order valence-corrected chi connectivity index (χ1v) is 9.56. The van der Waals surface area contributed by atoms with Crippen LogP contribution in [0.15, 0.2) is 48.2 Å². The zero-order chi connectivity index (χ0) is 21.2. The molecular formula is C21H21Cl2NO5. The highest BCUT2D eigenvalue weighted by atomic mass is 35.5. The lowest BCUT2D eigenvalue weighted by atomic mass is 9.90. The van der Waals surface area contributed by atoms with Crippen molar-refractivity contribution >= 4 is 34.7 Å². The van der Waals surface area contributed by atoms with Crippen LogP contribution < -0.4 is 4.74 Å². The van der Waals surface area contributed by atoms with Crippen LogP contribution in [0.3, 0.4) is 0 Å². The van der Waals surface area contributed by atoms with E-state index in [0.717, 1.165) is 10.6 Å². The molecule has 0 fully saturated rings. The minimum atomic E-state index is -1.16. The predicted molar refractivity (Wildman–Crippen MR) is 111 cm³/mol. The predicted octanol–water partition coefficient (Wildman–Crippen LogP) is 4.65. The minimum absolute atomic E-state index is 0.0683. The number of carbonyl (C=O) groups excluding carboxylic acids is 1. The molecule has 0 aromatic heterocycles. The third kappa shape index (κ3) is 4.07. The number of halogens is 2. The number of hydrogen-bond acceptors (Lipinski definition) is 5. The lowest BCUT2D eigenvalue weighted by Crippen LogP contribution is -2.48. The first-order chi connectivity index (χ1) is 13.8. The molecule has 2 aromatic carbocycles. The Morgan fingerprint density at radius 3 is 2.38 bits per heavy atom. The summed E-state index contributed by atoms with van der Waals surface area (Å²) in [6, 6.07) is 12.1. The quantitative estimate of drug-likeness (QED) is 0.638. The van der Waals surface area contributed by atoms with E-state index in [2.05, 4.69) is 0 Å². The highest BCUT2D eigenvalue weighted by Gasteiger charge is 2.51. The molecule has 0 saturated carbocycles. The van der Waals surface area contributed by atoms with E-state index >= 15 is 0 Å². The van der Waals surface area contributed by atoms with Gasteiger partial charge in [-0.15, -0.1) is 0 Å². The van der Waals surface area contributed by atoms with E-state index in [4.69, 9.17) is 37.5 Å². The van der Waals surface area contributed by atoms with E-state index in [1.165, 1.54) is 13.2 Å². The molecule has 1 amide bonds. The Bertz CT molecular complexity index is 945. The fourth-order valence-electron chi connectivity index (χ4n) is 3.33. The van der Waals surface area contributed by atoms with Crippen LogP contribution in [-0.2, 0) is 20.8 Å². The summed E-state index contributed by atoms with van der Waals surface area (Å²) in [6.07, 6.45) is 0.299. The van der Waals surface area contributed by atoms with Gasteiger partial charge in [0.1, 0.15) is 17.0 Å². The third-order valence-corrected chi connectivity index (χ3v) is 5.35. The van der Waals surface area contributed by atoms with E-state index in [1.54, 1.807) is 26.2 Å². The molecule has 6 nitrogen and oxygen atoms in total. The van der Waals surface area contributed by atoms with Gasteiger partial charge in [0.15, 0.2) is 6.79 Å². The average Bonchev–Trinajstić information content (AvgIpc) is 2.87. The molecule has 2 aromatic rings. The average molecular weight is 438 g/mol. The highest BCUT2D eigenvalue weighted by molar-refractivity contribution is 6.37. The highest BCUT2D eigenvalue weighted by Crippen LogP contribution is 2.43. The maximum atomic E-state index is 13.2. The number of hydrogen-bond donors (Lipinski definition) is 1. The van der Waals surface area contributed by atoms with E-state index in [0.29, 0.717) is 22.8 Å². The fourth-order valence-corrected chi connectivity index (χ4v) is 3.83. The van der Waals surface area contributed by atoms with Gasteiger partial charge in [-0.2, -0.15) is 0 Å². The van der Waals surface area contributed by atoms with E-state index < -0.39 is 11.4 Å². The van der Waals surface area contributed by atoms with Gasteiger partial charge in [-0.05, 0) is 36.8 Å². The molecule has 0 spiro atoms. The number of rotatable bonds is 7. The van der Waals surface area contributed by atoms with E-state index in [9.17, 15) is 9.90 Å². The van der Waals surface area contributed by atoms with Crippen LogP contribution in [0, 0.1) is 0 Å². The Balaban J connectivity index is 2.06. The molecule has 0 saturated heterocycles. The van der Waals surface area contributed by atoms with Crippen molar-refractivity contribution in [3.8, 4) is 5.75 Å². The molecule has 0 bridgehead atoms. The van der Waals surface area contributed by atoms with Crippen molar-refractivity contribution in [2.75, 3.05) is 21.0 Å². The Hall–Kier alpha value is -2.25. The molecule has 3 rings (SSSR count). The SMILES string of the molecule is COCON1C(=O)C(c2ccc(Cl)cc2Cl)=C(O)C1(C)Cc1ccc(OC)cc1. The summed E-state index contributed by atoms with van der Waals surface area (Å²) in [6.45, 7) is 1.57. The topological polar surface area (TPSA) is 68.2 Å². The second kappa shape index (κ2) is 8.63. The molecule has 1 unspecified atom stereocenters. The van der Waals surface area contributed by atoms with E-state index in [-0.39, 0.29) is 23.1 Å².